The van der Waals surface area contributed by atoms with Crippen molar-refractivity contribution in [3.63, 3.8) is 0 Å². The Morgan fingerprint density at radius 2 is 1.88 bits per heavy atom. The molecule has 2 aromatic carbocycles. The second-order valence-electron chi connectivity index (χ2n) is 8.98. The number of aryl methyl sites for hydroxylation is 1. The summed E-state index contributed by atoms with van der Waals surface area (Å²) in [6.45, 7) is 4.09. The Labute approximate surface area is 197 Å². The third-order valence-corrected chi connectivity index (χ3v) is 7.86. The predicted octanol–water partition coefficient (Wildman–Crippen LogP) is 5.72. The van der Waals surface area contributed by atoms with E-state index in [1.54, 1.807) is 6.07 Å². The number of hydrogen-bond acceptors (Lipinski definition) is 2. The maximum absolute atomic E-state index is 14.0. The lowest BCUT2D eigenvalue weighted by Gasteiger charge is -2.49. The van der Waals surface area contributed by atoms with E-state index in [1.807, 2.05) is 56.3 Å². The van der Waals surface area contributed by atoms with Gasteiger partial charge in [0.2, 0.25) is 11.8 Å². The van der Waals surface area contributed by atoms with Gasteiger partial charge in [0.15, 0.2) is 0 Å². The number of allylic oxidation sites excluding steroid dienone is 4. The van der Waals surface area contributed by atoms with E-state index in [0.717, 1.165) is 27.3 Å². The molecule has 0 aromatic heterocycles. The molecule has 4 nitrogen and oxygen atoms in total. The van der Waals surface area contributed by atoms with E-state index < -0.39 is 11.5 Å². The summed E-state index contributed by atoms with van der Waals surface area (Å²) < 4.78 is 0. The summed E-state index contributed by atoms with van der Waals surface area (Å²) in [4.78, 5) is 27.0. The van der Waals surface area contributed by atoms with Crippen molar-refractivity contribution in [2.75, 3.05) is 5.32 Å². The van der Waals surface area contributed by atoms with Gasteiger partial charge in [-0.3, -0.25) is 9.59 Å². The van der Waals surface area contributed by atoms with Crippen molar-refractivity contribution in [1.82, 2.24) is 5.32 Å². The number of halogens is 2. The Kier molecular flexibility index (Phi) is 5.18. The van der Waals surface area contributed by atoms with Crippen LogP contribution < -0.4 is 10.6 Å². The molecule has 2 aromatic rings. The number of carbonyl (C=O) groups excluding carboxylic acids is 2. The minimum atomic E-state index is -0.976. The first-order chi connectivity index (χ1) is 15.3. The molecule has 5 rings (SSSR count). The zero-order valence-electron chi connectivity index (χ0n) is 17.9. The molecule has 1 spiro atoms. The van der Waals surface area contributed by atoms with Gasteiger partial charge in [-0.05, 0) is 72.6 Å². The number of hydrogen-bond donors (Lipinski definition) is 2. The highest BCUT2D eigenvalue weighted by molar-refractivity contribution is 6.31. The lowest BCUT2D eigenvalue weighted by atomic mass is 9.56. The quantitative estimate of drug-likeness (QED) is 0.594. The van der Waals surface area contributed by atoms with Crippen LogP contribution in [0.3, 0.4) is 0 Å². The maximum atomic E-state index is 14.0. The second-order valence-corrected chi connectivity index (χ2v) is 9.90. The Morgan fingerprint density at radius 1 is 1.06 bits per heavy atom. The largest absolute Gasteiger partial charge is 0.348 e. The fourth-order valence-corrected chi connectivity index (χ4v) is 6.15. The molecule has 1 aliphatic carbocycles. The van der Waals surface area contributed by atoms with E-state index in [9.17, 15) is 9.59 Å². The monoisotopic (exact) mass is 466 g/mol. The summed E-state index contributed by atoms with van der Waals surface area (Å²) in [6, 6.07) is 11.1. The van der Waals surface area contributed by atoms with Crippen molar-refractivity contribution in [3.8, 4) is 0 Å². The van der Waals surface area contributed by atoms with Gasteiger partial charge in [0.1, 0.15) is 5.41 Å². The number of rotatable bonds is 2. The third kappa shape index (κ3) is 3.12. The van der Waals surface area contributed by atoms with Crippen molar-refractivity contribution < 1.29 is 9.59 Å². The van der Waals surface area contributed by atoms with Crippen molar-refractivity contribution >= 4 is 40.7 Å². The molecule has 0 radical (unpaired) electrons. The number of carbonyl (C=O) groups is 2. The molecular formula is C26H24Cl2N2O2. The van der Waals surface area contributed by atoms with Crippen LogP contribution in [0.1, 0.15) is 41.1 Å². The molecule has 6 heteroatoms. The van der Waals surface area contributed by atoms with Crippen molar-refractivity contribution in [3.05, 3.63) is 86.9 Å². The number of benzene rings is 2. The molecule has 4 atom stereocenters. The van der Waals surface area contributed by atoms with Crippen molar-refractivity contribution in [2.24, 2.45) is 11.8 Å². The van der Waals surface area contributed by atoms with Crippen LogP contribution in [0.15, 0.2) is 59.7 Å². The van der Waals surface area contributed by atoms with Gasteiger partial charge in [-0.2, -0.15) is 0 Å². The van der Waals surface area contributed by atoms with Crippen LogP contribution in [0.2, 0.25) is 5.02 Å². The minimum Gasteiger partial charge on any atom is -0.348 e. The molecule has 1 unspecified atom stereocenters. The van der Waals surface area contributed by atoms with Gasteiger partial charge in [0.05, 0.1) is 6.04 Å². The van der Waals surface area contributed by atoms with Gasteiger partial charge in [0.25, 0.3) is 0 Å². The molecule has 164 valence electrons. The van der Waals surface area contributed by atoms with E-state index in [2.05, 4.69) is 16.7 Å². The summed E-state index contributed by atoms with van der Waals surface area (Å²) in [5.74, 6) is -0.466. The molecular weight excluding hydrogens is 443 g/mol. The molecule has 2 aliphatic heterocycles. The van der Waals surface area contributed by atoms with Crippen molar-refractivity contribution in [2.45, 2.75) is 38.1 Å². The van der Waals surface area contributed by atoms with Gasteiger partial charge >= 0.3 is 0 Å². The van der Waals surface area contributed by atoms with Gasteiger partial charge in [-0.25, -0.2) is 0 Å². The Morgan fingerprint density at radius 3 is 2.66 bits per heavy atom. The smallest absolute Gasteiger partial charge is 0.237 e. The first-order valence-electron chi connectivity index (χ1n) is 10.8. The van der Waals surface area contributed by atoms with E-state index in [-0.39, 0.29) is 30.1 Å². The highest BCUT2D eigenvalue weighted by Crippen LogP contribution is 2.57. The molecule has 2 heterocycles. The number of anilines is 1. The molecule has 1 saturated heterocycles. The fourth-order valence-electron chi connectivity index (χ4n) is 5.73. The first-order valence-corrected chi connectivity index (χ1v) is 11.6. The topological polar surface area (TPSA) is 58.2 Å². The summed E-state index contributed by atoms with van der Waals surface area (Å²) >= 11 is 12.7. The number of nitrogens with one attached hydrogen (secondary N) is 2. The molecule has 32 heavy (non-hydrogen) atoms. The van der Waals surface area contributed by atoms with Crippen molar-refractivity contribution in [1.29, 1.82) is 0 Å². The second kappa shape index (κ2) is 7.79. The van der Waals surface area contributed by atoms with Crippen LogP contribution in [0.4, 0.5) is 5.69 Å². The SMILES string of the molecule is Cc1cccc([C@@H]2NC(=O)C[C@@H](C3C=CC=C(Cl)C3)[C@]23C(=O)Nc2cc(Cl)ccc23)c1C. The van der Waals surface area contributed by atoms with Gasteiger partial charge in [-0.1, -0.05) is 59.6 Å². The van der Waals surface area contributed by atoms with Crippen LogP contribution in [0.5, 0.6) is 0 Å². The Bertz CT molecular complexity index is 1200. The van der Waals surface area contributed by atoms with Crippen LogP contribution >= 0.6 is 23.2 Å². The summed E-state index contributed by atoms with van der Waals surface area (Å²) in [5.41, 5.74) is 3.76. The van der Waals surface area contributed by atoms with Crippen LogP contribution in [-0.2, 0) is 15.0 Å². The lowest BCUT2D eigenvalue weighted by Crippen LogP contribution is -2.59. The number of piperidine rings is 1. The van der Waals surface area contributed by atoms with E-state index >= 15 is 0 Å². The predicted molar refractivity (Wildman–Crippen MR) is 128 cm³/mol. The molecule has 1 fully saturated rings. The standard InChI is InChI=1S/C26H24Cl2N2O2/c1-14-5-3-8-19(15(14)2)24-26(20-10-9-18(28)12-22(20)29-25(26)32)21(13-23(31)30-24)16-6-4-7-17(27)11-16/h3-10,12,16,21,24H,11,13H2,1-2H3,(H,29,32)(H,30,31)/t16?,21-,24-,26-/m0/s1. The molecule has 0 saturated carbocycles. The van der Waals surface area contributed by atoms with E-state index in [0.29, 0.717) is 17.1 Å². The number of fused-ring (bicyclic) bond motifs is 2. The highest BCUT2D eigenvalue weighted by Gasteiger charge is 2.62. The van der Waals surface area contributed by atoms with Gasteiger partial charge < -0.3 is 10.6 Å². The highest BCUT2D eigenvalue weighted by atomic mass is 35.5. The molecule has 2 N–H and O–H groups in total. The van der Waals surface area contributed by atoms with Gasteiger partial charge in [-0.15, -0.1) is 0 Å². The normalized spacial score (nSPS) is 28.9. The Balaban J connectivity index is 1.78. The summed E-state index contributed by atoms with van der Waals surface area (Å²) in [6.07, 6.45) is 6.74. The fraction of sp³-hybridized carbons (Fsp3) is 0.308. The third-order valence-electron chi connectivity index (χ3n) is 7.34. The summed E-state index contributed by atoms with van der Waals surface area (Å²) in [7, 11) is 0. The molecule has 2 amide bonds. The lowest BCUT2D eigenvalue weighted by molar-refractivity contribution is -0.135. The first kappa shape index (κ1) is 21.3. The minimum absolute atomic E-state index is 0.0430. The van der Waals surface area contributed by atoms with Crippen LogP contribution in [0.25, 0.3) is 0 Å². The van der Waals surface area contributed by atoms with Crippen LogP contribution in [-0.4, -0.2) is 11.8 Å². The molecule has 0 bridgehead atoms. The average molecular weight is 467 g/mol. The zero-order valence-corrected chi connectivity index (χ0v) is 19.4. The van der Waals surface area contributed by atoms with Gasteiger partial charge in [0, 0.05) is 22.2 Å². The maximum Gasteiger partial charge on any atom is 0.237 e. The zero-order chi connectivity index (χ0) is 22.6. The van der Waals surface area contributed by atoms with E-state index in [4.69, 9.17) is 23.2 Å². The van der Waals surface area contributed by atoms with E-state index in [1.165, 1.54) is 0 Å². The molecule has 3 aliphatic rings. The van der Waals surface area contributed by atoms with Crippen LogP contribution in [0, 0.1) is 25.7 Å². The average Bonchev–Trinajstić information content (AvgIpc) is 3.03. The summed E-state index contributed by atoms with van der Waals surface area (Å²) in [5, 5.41) is 7.57. The Hall–Kier alpha value is -2.56. The number of amides is 2.